The zero-order valence-corrected chi connectivity index (χ0v) is 27.6. The Morgan fingerprint density at radius 3 is 0.657 bits per heavy atom. The summed E-state index contributed by atoms with van der Waals surface area (Å²) in [6.45, 7) is 11.3. The molecule has 0 heterocycles. The lowest BCUT2D eigenvalue weighted by molar-refractivity contribution is 0.389. The summed E-state index contributed by atoms with van der Waals surface area (Å²) in [5.74, 6) is 0. The smallest absolute Gasteiger partial charge is 0.00248 e. The van der Waals surface area contributed by atoms with Crippen LogP contribution < -0.4 is 0 Å². The maximum Gasteiger partial charge on any atom is -0.00248 e. The number of halogens is 2. The molecule has 0 aromatic carbocycles. The zero-order valence-electron chi connectivity index (χ0n) is 26.0. The molecule has 0 amide bonds. The molecule has 0 aliphatic rings. The summed E-state index contributed by atoms with van der Waals surface area (Å²) in [5, 5.41) is 0. The first-order valence-electron chi connectivity index (χ1n) is 15.2. The fourth-order valence-electron chi connectivity index (χ4n) is 3.83. The van der Waals surface area contributed by atoms with Crippen LogP contribution in [0.4, 0.5) is 0 Å². The Bertz CT molecular complexity index is 272. The third-order valence-electron chi connectivity index (χ3n) is 5.92. The van der Waals surface area contributed by atoms with Gasteiger partial charge in [0.15, 0.2) is 0 Å². The lowest BCUT2D eigenvalue weighted by Gasteiger charge is -2.08. The van der Waals surface area contributed by atoms with E-state index in [4.69, 9.17) is 0 Å². The molecule has 0 N–H and O–H groups in total. The van der Waals surface area contributed by atoms with Crippen LogP contribution in [0.3, 0.4) is 0 Å². The lowest BCUT2D eigenvalue weighted by atomic mass is 10.1. The molecule has 0 saturated heterocycles. The summed E-state index contributed by atoms with van der Waals surface area (Å²) in [6.07, 6.45) is 30.0. The molecule has 0 bridgehead atoms. The minimum Gasteiger partial charge on any atom is -0.309 e. The average molecular weight is 544 g/mol. The molecule has 35 heavy (non-hydrogen) atoms. The second-order valence-electron chi connectivity index (χ2n) is 10.7. The van der Waals surface area contributed by atoms with Crippen molar-refractivity contribution in [3.8, 4) is 0 Å². The van der Waals surface area contributed by atoms with E-state index in [9.17, 15) is 0 Å². The summed E-state index contributed by atoms with van der Waals surface area (Å²) < 4.78 is 0. The first kappa shape index (κ1) is 45.4. The molecule has 0 saturated carbocycles. The predicted molar refractivity (Wildman–Crippen MR) is 171 cm³/mol. The Labute approximate surface area is 238 Å². The minimum atomic E-state index is 0. The van der Waals surface area contributed by atoms with Gasteiger partial charge >= 0.3 is 0 Å². The van der Waals surface area contributed by atoms with Gasteiger partial charge in [0.1, 0.15) is 0 Å². The van der Waals surface area contributed by atoms with E-state index in [2.05, 4.69) is 65.7 Å². The van der Waals surface area contributed by atoms with Crippen molar-refractivity contribution in [2.45, 2.75) is 163 Å². The summed E-state index contributed by atoms with van der Waals surface area (Å²) in [7, 11) is 8.64. The van der Waals surface area contributed by atoms with E-state index < -0.39 is 0 Å². The van der Waals surface area contributed by atoms with Gasteiger partial charge in [-0.05, 0) is 54.1 Å². The van der Waals surface area contributed by atoms with Crippen molar-refractivity contribution in [3.05, 3.63) is 0 Å². The molecule has 0 radical (unpaired) electrons. The molecule has 0 atom stereocenters. The van der Waals surface area contributed by atoms with E-state index in [1.807, 2.05) is 0 Å². The molecule has 0 aliphatic carbocycles. The molecule has 0 spiro atoms. The van der Waals surface area contributed by atoms with Gasteiger partial charge in [0.05, 0.1) is 0 Å². The first-order chi connectivity index (χ1) is 16.0. The maximum absolute atomic E-state index is 2.28. The molecule has 0 aromatic rings. The van der Waals surface area contributed by atoms with Gasteiger partial charge < -0.3 is 9.80 Å². The van der Waals surface area contributed by atoms with Crippen molar-refractivity contribution < 1.29 is 0 Å². The van der Waals surface area contributed by atoms with Crippen LogP contribution in [-0.2, 0) is 0 Å². The average Bonchev–Trinajstić information content (AvgIpc) is 2.77. The number of unbranched alkanes of at least 4 members (excludes halogenated alkanes) is 18. The van der Waals surface area contributed by atoms with Gasteiger partial charge in [-0.1, -0.05) is 150 Å². The highest BCUT2D eigenvalue weighted by molar-refractivity contribution is 5.85. The van der Waals surface area contributed by atoms with E-state index in [1.54, 1.807) is 0 Å². The molecule has 220 valence electrons. The van der Waals surface area contributed by atoms with Crippen molar-refractivity contribution >= 4 is 24.8 Å². The summed E-state index contributed by atoms with van der Waals surface area (Å²) in [6, 6.07) is 0. The van der Waals surface area contributed by atoms with Crippen LogP contribution >= 0.6 is 24.8 Å². The predicted octanol–water partition coefficient (Wildman–Crippen LogP) is 11.2. The van der Waals surface area contributed by atoms with Gasteiger partial charge in [-0.2, -0.15) is 0 Å². The molecule has 0 unspecified atom stereocenters. The van der Waals surface area contributed by atoms with Gasteiger partial charge in [0.2, 0.25) is 0 Å². The summed E-state index contributed by atoms with van der Waals surface area (Å²) in [4.78, 5) is 4.56. The molecular weight excluding hydrogens is 471 g/mol. The molecular formula is C31H72Cl2N2. The molecule has 0 aliphatic heterocycles. The summed E-state index contributed by atoms with van der Waals surface area (Å²) in [5.41, 5.74) is 0. The quantitative estimate of drug-likeness (QED) is 0.125. The van der Waals surface area contributed by atoms with Crippen LogP contribution in [0.5, 0.6) is 0 Å². The highest BCUT2D eigenvalue weighted by Crippen LogP contribution is 2.11. The normalized spacial score (nSPS) is 10.1. The Balaban J connectivity index is -0.000000146. The molecule has 2 nitrogen and oxygen atoms in total. The van der Waals surface area contributed by atoms with Gasteiger partial charge in [-0.15, -0.1) is 24.8 Å². The van der Waals surface area contributed by atoms with Crippen LogP contribution in [-0.4, -0.2) is 51.1 Å². The maximum atomic E-state index is 2.28. The highest BCUT2D eigenvalue weighted by Gasteiger charge is 1.94. The van der Waals surface area contributed by atoms with Crippen LogP contribution in [0.1, 0.15) is 163 Å². The van der Waals surface area contributed by atoms with E-state index >= 15 is 0 Å². The topological polar surface area (TPSA) is 6.48 Å². The van der Waals surface area contributed by atoms with Crippen molar-refractivity contribution in [2.24, 2.45) is 0 Å². The van der Waals surface area contributed by atoms with E-state index in [-0.39, 0.29) is 24.8 Å². The zero-order chi connectivity index (χ0) is 25.4. The Morgan fingerprint density at radius 2 is 0.486 bits per heavy atom. The molecule has 0 fully saturated rings. The second kappa shape index (κ2) is 44.5. The van der Waals surface area contributed by atoms with Crippen molar-refractivity contribution in [1.82, 2.24) is 9.80 Å². The number of rotatable bonds is 22. The monoisotopic (exact) mass is 543 g/mol. The van der Waals surface area contributed by atoms with E-state index in [0.29, 0.717) is 0 Å². The van der Waals surface area contributed by atoms with Crippen LogP contribution in [0.2, 0.25) is 0 Å². The van der Waals surface area contributed by atoms with Crippen LogP contribution in [0.15, 0.2) is 0 Å². The second-order valence-corrected chi connectivity index (χ2v) is 10.7. The third-order valence-corrected chi connectivity index (χ3v) is 5.92. The van der Waals surface area contributed by atoms with Crippen molar-refractivity contribution in [3.63, 3.8) is 0 Å². The van der Waals surface area contributed by atoms with Crippen LogP contribution in [0.25, 0.3) is 0 Å². The Hall–Kier alpha value is 0.500. The minimum absolute atomic E-state index is 0. The van der Waals surface area contributed by atoms with Gasteiger partial charge in [0.25, 0.3) is 0 Å². The van der Waals surface area contributed by atoms with Crippen molar-refractivity contribution in [2.75, 3.05) is 41.3 Å². The van der Waals surface area contributed by atoms with Crippen LogP contribution in [0, 0.1) is 0 Å². The fraction of sp³-hybridized carbons (Fsp3) is 1.00. The highest BCUT2D eigenvalue weighted by atomic mass is 35.5. The SMILES string of the molecule is CCC.CCCCCCCCCCCCN(C)C.CCCCCCCCCCCCN(C)C.Cl.Cl. The van der Waals surface area contributed by atoms with Crippen molar-refractivity contribution in [1.29, 1.82) is 0 Å². The third kappa shape index (κ3) is 60.7. The summed E-state index contributed by atoms with van der Waals surface area (Å²) >= 11 is 0. The first-order valence-corrected chi connectivity index (χ1v) is 15.2. The lowest BCUT2D eigenvalue weighted by Crippen LogP contribution is -2.12. The number of hydrogen-bond donors (Lipinski definition) is 0. The Kier molecular flexibility index (Phi) is 57.7. The molecule has 0 aromatic heterocycles. The largest absolute Gasteiger partial charge is 0.309 e. The van der Waals surface area contributed by atoms with Gasteiger partial charge in [0, 0.05) is 0 Å². The fourth-order valence-corrected chi connectivity index (χ4v) is 3.83. The number of nitrogens with zero attached hydrogens (tertiary/aromatic N) is 2. The molecule has 4 heteroatoms. The number of hydrogen-bond acceptors (Lipinski definition) is 2. The standard InChI is InChI=1S/2C14H31N.C3H8.2ClH/c2*1-4-5-6-7-8-9-10-11-12-13-14-15(2)3;1-3-2;;/h2*4-14H2,1-3H3;3H2,1-2H3;2*1H. The van der Waals surface area contributed by atoms with Gasteiger partial charge in [-0.3, -0.25) is 0 Å². The Morgan fingerprint density at radius 1 is 0.314 bits per heavy atom. The van der Waals surface area contributed by atoms with Gasteiger partial charge in [-0.25, -0.2) is 0 Å². The van der Waals surface area contributed by atoms with E-state index in [1.165, 1.54) is 148 Å². The van der Waals surface area contributed by atoms with E-state index in [0.717, 1.165) is 0 Å². The molecule has 0 rings (SSSR count).